The second-order valence-electron chi connectivity index (χ2n) is 5.04. The van der Waals surface area contributed by atoms with Crippen LogP contribution in [-0.4, -0.2) is 20.3 Å². The third-order valence-corrected chi connectivity index (χ3v) is 3.59. The molecular formula is C15H22O2. The van der Waals surface area contributed by atoms with Gasteiger partial charge in [0, 0.05) is 13.2 Å². The Morgan fingerprint density at radius 1 is 1.24 bits per heavy atom. The van der Waals surface area contributed by atoms with Crippen LogP contribution in [0.4, 0.5) is 0 Å². The summed E-state index contributed by atoms with van der Waals surface area (Å²) in [6.45, 7) is 6.17. The van der Waals surface area contributed by atoms with Crippen molar-refractivity contribution in [2.45, 2.75) is 38.5 Å². The molecule has 2 heteroatoms. The first kappa shape index (κ1) is 12.4. The first-order valence-corrected chi connectivity index (χ1v) is 6.48. The van der Waals surface area contributed by atoms with Crippen molar-refractivity contribution in [1.82, 2.24) is 0 Å². The molecule has 0 atom stereocenters. The van der Waals surface area contributed by atoms with Crippen LogP contribution in [0.3, 0.4) is 0 Å². The van der Waals surface area contributed by atoms with E-state index in [0.717, 1.165) is 31.8 Å². The topological polar surface area (TPSA) is 18.5 Å². The molecule has 0 aromatic heterocycles. The SMILES string of the molecule is COc1cc(C(C)C)ccc1C1CCOCC1. The lowest BCUT2D eigenvalue weighted by Crippen LogP contribution is -2.14. The molecule has 1 aliphatic heterocycles. The Morgan fingerprint density at radius 2 is 1.94 bits per heavy atom. The number of hydrogen-bond acceptors (Lipinski definition) is 2. The number of benzene rings is 1. The van der Waals surface area contributed by atoms with Crippen LogP contribution in [0.1, 0.15) is 49.7 Å². The Kier molecular flexibility index (Phi) is 4.06. The zero-order valence-electron chi connectivity index (χ0n) is 11.0. The molecule has 17 heavy (non-hydrogen) atoms. The maximum absolute atomic E-state index is 5.55. The third kappa shape index (κ3) is 2.81. The highest BCUT2D eigenvalue weighted by atomic mass is 16.5. The number of rotatable bonds is 3. The van der Waals surface area contributed by atoms with Crippen LogP contribution in [0.25, 0.3) is 0 Å². The molecule has 94 valence electrons. The van der Waals surface area contributed by atoms with E-state index in [4.69, 9.17) is 9.47 Å². The summed E-state index contributed by atoms with van der Waals surface area (Å²) in [5.74, 6) is 2.19. The van der Waals surface area contributed by atoms with Crippen LogP contribution in [-0.2, 0) is 4.74 Å². The van der Waals surface area contributed by atoms with Crippen molar-refractivity contribution in [2.24, 2.45) is 0 Å². The molecule has 0 N–H and O–H groups in total. The lowest BCUT2D eigenvalue weighted by molar-refractivity contribution is 0.0848. The highest BCUT2D eigenvalue weighted by molar-refractivity contribution is 5.41. The van der Waals surface area contributed by atoms with E-state index in [-0.39, 0.29) is 0 Å². The van der Waals surface area contributed by atoms with E-state index in [1.165, 1.54) is 11.1 Å². The van der Waals surface area contributed by atoms with Crippen LogP contribution in [0.15, 0.2) is 18.2 Å². The van der Waals surface area contributed by atoms with Crippen LogP contribution in [0, 0.1) is 0 Å². The monoisotopic (exact) mass is 234 g/mol. The van der Waals surface area contributed by atoms with Gasteiger partial charge in [0.25, 0.3) is 0 Å². The van der Waals surface area contributed by atoms with Gasteiger partial charge in [-0.15, -0.1) is 0 Å². The first-order chi connectivity index (χ1) is 8.22. The van der Waals surface area contributed by atoms with Gasteiger partial charge in [-0.1, -0.05) is 26.0 Å². The van der Waals surface area contributed by atoms with Crippen LogP contribution < -0.4 is 4.74 Å². The largest absolute Gasteiger partial charge is 0.496 e. The van der Waals surface area contributed by atoms with E-state index in [9.17, 15) is 0 Å². The van der Waals surface area contributed by atoms with Crippen LogP contribution in [0.2, 0.25) is 0 Å². The molecule has 2 rings (SSSR count). The summed E-state index contributed by atoms with van der Waals surface area (Å²) in [6.07, 6.45) is 2.22. The van der Waals surface area contributed by atoms with Crippen molar-refractivity contribution >= 4 is 0 Å². The molecule has 0 amide bonds. The summed E-state index contributed by atoms with van der Waals surface area (Å²) in [6, 6.07) is 6.66. The van der Waals surface area contributed by atoms with Crippen LogP contribution >= 0.6 is 0 Å². The first-order valence-electron chi connectivity index (χ1n) is 6.48. The summed E-state index contributed by atoms with van der Waals surface area (Å²) in [5.41, 5.74) is 2.69. The van der Waals surface area contributed by atoms with Gasteiger partial charge in [0.05, 0.1) is 7.11 Å². The smallest absolute Gasteiger partial charge is 0.122 e. The molecule has 1 fully saturated rings. The fourth-order valence-corrected chi connectivity index (χ4v) is 2.43. The molecule has 1 aliphatic rings. The second-order valence-corrected chi connectivity index (χ2v) is 5.04. The maximum atomic E-state index is 5.55. The van der Waals surface area contributed by atoms with Crippen molar-refractivity contribution < 1.29 is 9.47 Å². The summed E-state index contributed by atoms with van der Waals surface area (Å²) in [7, 11) is 1.77. The van der Waals surface area contributed by atoms with Gasteiger partial charge in [0.1, 0.15) is 5.75 Å². The van der Waals surface area contributed by atoms with Crippen molar-refractivity contribution in [3.05, 3.63) is 29.3 Å². The average Bonchev–Trinajstić information content (AvgIpc) is 2.39. The molecule has 0 radical (unpaired) electrons. The minimum absolute atomic E-state index is 0.549. The summed E-state index contributed by atoms with van der Waals surface area (Å²) >= 11 is 0. The van der Waals surface area contributed by atoms with Crippen molar-refractivity contribution in [3.63, 3.8) is 0 Å². The van der Waals surface area contributed by atoms with Crippen molar-refractivity contribution in [1.29, 1.82) is 0 Å². The van der Waals surface area contributed by atoms with Gasteiger partial charge in [0.2, 0.25) is 0 Å². The van der Waals surface area contributed by atoms with E-state index >= 15 is 0 Å². The number of ether oxygens (including phenoxy) is 2. The molecule has 1 aromatic rings. The second kappa shape index (κ2) is 5.54. The molecule has 1 heterocycles. The molecule has 1 aromatic carbocycles. The Balaban J connectivity index is 2.26. The van der Waals surface area contributed by atoms with Crippen molar-refractivity contribution in [2.75, 3.05) is 20.3 Å². The van der Waals surface area contributed by atoms with Gasteiger partial charge in [-0.25, -0.2) is 0 Å². The summed E-state index contributed by atoms with van der Waals surface area (Å²) < 4.78 is 11.0. The molecule has 0 saturated carbocycles. The average molecular weight is 234 g/mol. The Labute approximate surface area is 104 Å². The normalized spacial score (nSPS) is 17.4. The van der Waals surface area contributed by atoms with E-state index in [0.29, 0.717) is 11.8 Å². The molecular weight excluding hydrogens is 212 g/mol. The van der Waals surface area contributed by atoms with E-state index in [1.54, 1.807) is 7.11 Å². The van der Waals surface area contributed by atoms with Gasteiger partial charge in [-0.05, 0) is 41.9 Å². The summed E-state index contributed by atoms with van der Waals surface area (Å²) in [4.78, 5) is 0. The van der Waals surface area contributed by atoms with E-state index in [1.807, 2.05) is 0 Å². The predicted molar refractivity (Wildman–Crippen MR) is 69.9 cm³/mol. The molecule has 0 unspecified atom stereocenters. The minimum atomic E-state index is 0.549. The fraction of sp³-hybridized carbons (Fsp3) is 0.600. The molecule has 1 saturated heterocycles. The van der Waals surface area contributed by atoms with Gasteiger partial charge < -0.3 is 9.47 Å². The Bertz CT molecular complexity index is 365. The Hall–Kier alpha value is -1.02. The molecule has 0 spiro atoms. The highest BCUT2D eigenvalue weighted by Crippen LogP contribution is 2.35. The lowest BCUT2D eigenvalue weighted by atomic mass is 9.89. The zero-order valence-corrected chi connectivity index (χ0v) is 11.0. The number of hydrogen-bond donors (Lipinski definition) is 0. The Morgan fingerprint density at radius 3 is 2.53 bits per heavy atom. The third-order valence-electron chi connectivity index (χ3n) is 3.59. The zero-order chi connectivity index (χ0) is 12.3. The quantitative estimate of drug-likeness (QED) is 0.793. The molecule has 0 bridgehead atoms. The van der Waals surface area contributed by atoms with Crippen molar-refractivity contribution in [3.8, 4) is 5.75 Å². The molecule has 0 aliphatic carbocycles. The van der Waals surface area contributed by atoms with Gasteiger partial charge >= 0.3 is 0 Å². The van der Waals surface area contributed by atoms with E-state index < -0.39 is 0 Å². The van der Waals surface area contributed by atoms with Gasteiger partial charge in [-0.3, -0.25) is 0 Å². The van der Waals surface area contributed by atoms with Gasteiger partial charge in [0.15, 0.2) is 0 Å². The van der Waals surface area contributed by atoms with Crippen LogP contribution in [0.5, 0.6) is 5.75 Å². The van der Waals surface area contributed by atoms with Gasteiger partial charge in [-0.2, -0.15) is 0 Å². The molecule has 2 nitrogen and oxygen atoms in total. The highest BCUT2D eigenvalue weighted by Gasteiger charge is 2.19. The van der Waals surface area contributed by atoms with E-state index in [2.05, 4.69) is 32.0 Å². The lowest BCUT2D eigenvalue weighted by Gasteiger charge is -2.24. The number of methoxy groups -OCH3 is 1. The maximum Gasteiger partial charge on any atom is 0.122 e. The standard InChI is InChI=1S/C15H22O2/c1-11(2)13-4-5-14(15(10-13)16-3)12-6-8-17-9-7-12/h4-5,10-12H,6-9H2,1-3H3. The minimum Gasteiger partial charge on any atom is -0.496 e. The predicted octanol–water partition coefficient (Wildman–Crippen LogP) is 3.71. The summed E-state index contributed by atoms with van der Waals surface area (Å²) in [5, 5.41) is 0. The fourth-order valence-electron chi connectivity index (χ4n) is 2.43.